The van der Waals surface area contributed by atoms with Crippen LogP contribution in [0.5, 0.6) is 0 Å². The molecule has 0 bridgehead atoms. The SMILES string of the molecule is CCCCC#CC1(c2ccccc2)SCCS1. The van der Waals surface area contributed by atoms with Gasteiger partial charge in [-0.1, -0.05) is 49.6 Å². The van der Waals surface area contributed by atoms with Crippen molar-refractivity contribution in [2.24, 2.45) is 0 Å². The van der Waals surface area contributed by atoms with E-state index in [9.17, 15) is 0 Å². The van der Waals surface area contributed by atoms with Crippen LogP contribution in [0.3, 0.4) is 0 Å². The van der Waals surface area contributed by atoms with Gasteiger partial charge in [-0.25, -0.2) is 0 Å². The first-order valence-electron chi connectivity index (χ1n) is 6.21. The molecule has 1 aliphatic heterocycles. The van der Waals surface area contributed by atoms with E-state index in [0.29, 0.717) is 0 Å². The van der Waals surface area contributed by atoms with Gasteiger partial charge in [0.05, 0.1) is 0 Å². The van der Waals surface area contributed by atoms with E-state index in [2.05, 4.69) is 49.1 Å². The molecule has 1 aliphatic rings. The highest BCUT2D eigenvalue weighted by Gasteiger charge is 2.35. The van der Waals surface area contributed by atoms with Gasteiger partial charge in [-0.2, -0.15) is 0 Å². The Labute approximate surface area is 113 Å². The van der Waals surface area contributed by atoms with Gasteiger partial charge in [-0.15, -0.1) is 29.4 Å². The van der Waals surface area contributed by atoms with Crippen molar-refractivity contribution in [1.29, 1.82) is 0 Å². The Morgan fingerprint density at radius 2 is 1.88 bits per heavy atom. The van der Waals surface area contributed by atoms with Gasteiger partial charge in [0.2, 0.25) is 0 Å². The summed E-state index contributed by atoms with van der Waals surface area (Å²) in [6, 6.07) is 10.7. The molecule has 0 amide bonds. The molecular weight excluding hydrogens is 244 g/mol. The topological polar surface area (TPSA) is 0 Å². The summed E-state index contributed by atoms with van der Waals surface area (Å²) in [7, 11) is 0. The average molecular weight is 262 g/mol. The lowest BCUT2D eigenvalue weighted by Gasteiger charge is -2.21. The van der Waals surface area contributed by atoms with Crippen LogP contribution in [-0.4, -0.2) is 11.5 Å². The Morgan fingerprint density at radius 1 is 1.18 bits per heavy atom. The third-order valence-corrected chi connectivity index (χ3v) is 6.03. The molecular formula is C15H18S2. The van der Waals surface area contributed by atoms with Crippen molar-refractivity contribution in [3.63, 3.8) is 0 Å². The first-order valence-corrected chi connectivity index (χ1v) is 8.18. The van der Waals surface area contributed by atoms with Gasteiger partial charge < -0.3 is 0 Å². The van der Waals surface area contributed by atoms with Crippen LogP contribution in [0.1, 0.15) is 31.7 Å². The van der Waals surface area contributed by atoms with E-state index in [1.165, 1.54) is 29.9 Å². The lowest BCUT2D eigenvalue weighted by molar-refractivity contribution is 0.827. The zero-order chi connectivity index (χ0) is 12.0. The van der Waals surface area contributed by atoms with E-state index in [1.807, 2.05) is 23.5 Å². The Morgan fingerprint density at radius 3 is 2.53 bits per heavy atom. The molecule has 1 fully saturated rings. The zero-order valence-electron chi connectivity index (χ0n) is 10.2. The third-order valence-electron chi connectivity index (χ3n) is 2.76. The second-order valence-electron chi connectivity index (χ2n) is 4.08. The number of hydrogen-bond donors (Lipinski definition) is 0. The van der Waals surface area contributed by atoms with E-state index < -0.39 is 0 Å². The Hall–Kier alpha value is -0.520. The molecule has 17 heavy (non-hydrogen) atoms. The Kier molecular flexibility index (Phi) is 4.88. The highest BCUT2D eigenvalue weighted by atomic mass is 32.2. The molecule has 0 atom stereocenters. The second kappa shape index (κ2) is 6.42. The summed E-state index contributed by atoms with van der Waals surface area (Å²) in [4.78, 5) is 0. The van der Waals surface area contributed by atoms with Gasteiger partial charge in [0.1, 0.15) is 4.08 Å². The molecule has 0 N–H and O–H groups in total. The van der Waals surface area contributed by atoms with Crippen molar-refractivity contribution in [2.45, 2.75) is 30.3 Å². The lowest BCUT2D eigenvalue weighted by atomic mass is 10.1. The normalized spacial score (nSPS) is 17.5. The molecule has 1 aromatic carbocycles. The Balaban J connectivity index is 2.17. The molecule has 90 valence electrons. The lowest BCUT2D eigenvalue weighted by Crippen LogP contribution is -2.11. The number of thioether (sulfide) groups is 2. The van der Waals surface area contributed by atoms with Crippen LogP contribution in [0.4, 0.5) is 0 Å². The molecule has 0 unspecified atom stereocenters. The quantitative estimate of drug-likeness (QED) is 0.580. The molecule has 0 nitrogen and oxygen atoms in total. The molecule has 2 heteroatoms. The standard InChI is InChI=1S/C15H18S2/c1-2-3-4-8-11-15(16-12-13-17-15)14-9-6-5-7-10-14/h5-7,9-10H,2-4,12-13H2,1H3. The third kappa shape index (κ3) is 3.24. The minimum atomic E-state index is 0.00893. The van der Waals surface area contributed by atoms with Crippen LogP contribution in [0, 0.1) is 11.8 Å². The van der Waals surface area contributed by atoms with Crippen molar-refractivity contribution < 1.29 is 0 Å². The average Bonchev–Trinajstić information content (AvgIpc) is 2.86. The Bertz CT molecular complexity index is 394. The molecule has 1 aromatic rings. The van der Waals surface area contributed by atoms with Crippen molar-refractivity contribution in [3.8, 4) is 11.8 Å². The van der Waals surface area contributed by atoms with Crippen LogP contribution >= 0.6 is 23.5 Å². The van der Waals surface area contributed by atoms with Crippen molar-refractivity contribution in [3.05, 3.63) is 35.9 Å². The largest absolute Gasteiger partial charge is 0.147 e. The summed E-state index contributed by atoms with van der Waals surface area (Å²) in [5, 5.41) is 0. The van der Waals surface area contributed by atoms with E-state index in [4.69, 9.17) is 0 Å². The predicted molar refractivity (Wildman–Crippen MR) is 80.3 cm³/mol. The van der Waals surface area contributed by atoms with Gasteiger partial charge in [0.25, 0.3) is 0 Å². The predicted octanol–water partition coefficient (Wildman–Crippen LogP) is 4.51. The molecule has 0 spiro atoms. The first-order chi connectivity index (χ1) is 8.37. The highest BCUT2D eigenvalue weighted by molar-refractivity contribution is 8.20. The highest BCUT2D eigenvalue weighted by Crippen LogP contribution is 2.51. The molecule has 2 rings (SSSR count). The molecule has 1 saturated heterocycles. The second-order valence-corrected chi connectivity index (χ2v) is 6.96. The number of unbranched alkanes of at least 4 members (excludes halogenated alkanes) is 2. The zero-order valence-corrected chi connectivity index (χ0v) is 11.9. The molecule has 0 radical (unpaired) electrons. The maximum absolute atomic E-state index is 3.52. The van der Waals surface area contributed by atoms with E-state index in [-0.39, 0.29) is 4.08 Å². The summed E-state index contributed by atoms with van der Waals surface area (Å²) < 4.78 is 0.00893. The van der Waals surface area contributed by atoms with E-state index >= 15 is 0 Å². The number of benzene rings is 1. The maximum Gasteiger partial charge on any atom is 0.147 e. The monoisotopic (exact) mass is 262 g/mol. The van der Waals surface area contributed by atoms with Crippen molar-refractivity contribution in [2.75, 3.05) is 11.5 Å². The van der Waals surface area contributed by atoms with Gasteiger partial charge in [0.15, 0.2) is 0 Å². The van der Waals surface area contributed by atoms with Crippen LogP contribution in [0.25, 0.3) is 0 Å². The van der Waals surface area contributed by atoms with Crippen LogP contribution in [0.2, 0.25) is 0 Å². The number of hydrogen-bond acceptors (Lipinski definition) is 2. The molecule has 1 heterocycles. The minimum Gasteiger partial charge on any atom is -0.126 e. The van der Waals surface area contributed by atoms with Crippen molar-refractivity contribution >= 4 is 23.5 Å². The molecule has 0 saturated carbocycles. The fourth-order valence-electron chi connectivity index (χ4n) is 1.83. The smallest absolute Gasteiger partial charge is 0.126 e. The molecule has 0 aliphatic carbocycles. The molecule has 0 aromatic heterocycles. The van der Waals surface area contributed by atoms with Gasteiger partial charge in [0, 0.05) is 17.9 Å². The fourth-order valence-corrected chi connectivity index (χ4v) is 4.79. The first kappa shape index (κ1) is 12.9. The minimum absolute atomic E-state index is 0.00893. The number of rotatable bonds is 3. The van der Waals surface area contributed by atoms with E-state index in [0.717, 1.165) is 6.42 Å². The van der Waals surface area contributed by atoms with Gasteiger partial charge in [-0.05, 0) is 12.0 Å². The van der Waals surface area contributed by atoms with E-state index in [1.54, 1.807) is 0 Å². The van der Waals surface area contributed by atoms with Gasteiger partial charge in [-0.3, -0.25) is 0 Å². The fraction of sp³-hybridized carbons (Fsp3) is 0.467. The van der Waals surface area contributed by atoms with Crippen LogP contribution < -0.4 is 0 Å². The summed E-state index contributed by atoms with van der Waals surface area (Å²) in [5.41, 5.74) is 1.36. The van der Waals surface area contributed by atoms with Crippen LogP contribution in [-0.2, 0) is 4.08 Å². The summed E-state index contributed by atoms with van der Waals surface area (Å²) >= 11 is 3.98. The van der Waals surface area contributed by atoms with Crippen molar-refractivity contribution in [1.82, 2.24) is 0 Å². The van der Waals surface area contributed by atoms with Crippen LogP contribution in [0.15, 0.2) is 30.3 Å². The summed E-state index contributed by atoms with van der Waals surface area (Å²) in [5.74, 6) is 9.32. The maximum atomic E-state index is 3.52. The van der Waals surface area contributed by atoms with Gasteiger partial charge >= 0.3 is 0 Å². The summed E-state index contributed by atoms with van der Waals surface area (Å²) in [6.45, 7) is 2.22. The summed E-state index contributed by atoms with van der Waals surface area (Å²) in [6.07, 6.45) is 3.48.